The molecule has 1 aromatic carbocycles. The lowest BCUT2D eigenvalue weighted by molar-refractivity contribution is -0.383. The molecule has 7 heteroatoms. The lowest BCUT2D eigenvalue weighted by Crippen LogP contribution is -2.14. The van der Waals surface area contributed by atoms with E-state index in [1.807, 2.05) is 6.92 Å². The maximum Gasteiger partial charge on any atom is 0.299 e. The molecule has 90 valence electrons. The molecule has 0 N–H and O–H groups in total. The van der Waals surface area contributed by atoms with Crippen molar-refractivity contribution in [3.8, 4) is 0 Å². The molecule has 0 aliphatic rings. The van der Waals surface area contributed by atoms with Crippen LogP contribution in [0.4, 0.5) is 5.69 Å². The monoisotopic (exact) mass is 236 g/mol. The minimum atomic E-state index is -0.479. The Morgan fingerprint density at radius 2 is 2.35 bits per heavy atom. The van der Waals surface area contributed by atoms with Gasteiger partial charge in [-0.15, -0.1) is 5.10 Å². The summed E-state index contributed by atoms with van der Waals surface area (Å²) in [5.74, 6) is 0. The number of nitrogens with zero attached hydrogens (tertiary/aromatic N) is 4. The number of fused-ring (bicyclic) bond motifs is 1. The van der Waals surface area contributed by atoms with Crippen molar-refractivity contribution in [1.29, 1.82) is 0 Å². The Morgan fingerprint density at radius 3 is 3.06 bits per heavy atom. The summed E-state index contributed by atoms with van der Waals surface area (Å²) >= 11 is 0. The number of nitro groups is 1. The molecule has 0 aliphatic carbocycles. The lowest BCUT2D eigenvalue weighted by atomic mass is 10.3. The van der Waals surface area contributed by atoms with Crippen LogP contribution in [-0.4, -0.2) is 26.7 Å². The Balaban J connectivity index is 2.34. The Kier molecular flexibility index (Phi) is 3.17. The first-order valence-corrected chi connectivity index (χ1v) is 5.36. The molecule has 2 rings (SSSR count). The van der Waals surface area contributed by atoms with E-state index in [0.29, 0.717) is 12.1 Å². The molecule has 0 unspecified atom stereocenters. The molecule has 0 saturated heterocycles. The standard InChI is InChI=1S/C10H12N4O3/c1-2-3-7-17-13-8-5-4-6-9(14(15)16)10(8)11-12-13/h4-6H,2-3,7H2,1H3. The van der Waals surface area contributed by atoms with E-state index in [0.717, 1.165) is 12.8 Å². The summed E-state index contributed by atoms with van der Waals surface area (Å²) in [6, 6.07) is 4.67. The van der Waals surface area contributed by atoms with Crippen LogP contribution in [0, 0.1) is 10.1 Å². The van der Waals surface area contributed by atoms with E-state index in [-0.39, 0.29) is 11.2 Å². The molecule has 17 heavy (non-hydrogen) atoms. The largest absolute Gasteiger partial charge is 0.395 e. The van der Waals surface area contributed by atoms with Crippen molar-refractivity contribution in [3.05, 3.63) is 28.3 Å². The first-order valence-electron chi connectivity index (χ1n) is 5.36. The maximum absolute atomic E-state index is 10.8. The summed E-state index contributed by atoms with van der Waals surface area (Å²) in [6.07, 6.45) is 1.91. The normalized spacial score (nSPS) is 10.6. The van der Waals surface area contributed by atoms with E-state index in [1.165, 1.54) is 10.9 Å². The van der Waals surface area contributed by atoms with Gasteiger partial charge in [-0.05, 0) is 17.7 Å². The molecule has 1 heterocycles. The van der Waals surface area contributed by atoms with Gasteiger partial charge < -0.3 is 4.84 Å². The van der Waals surface area contributed by atoms with Gasteiger partial charge in [0, 0.05) is 6.07 Å². The number of aromatic nitrogens is 3. The lowest BCUT2D eigenvalue weighted by Gasteiger charge is -2.03. The van der Waals surface area contributed by atoms with Crippen LogP contribution in [-0.2, 0) is 0 Å². The van der Waals surface area contributed by atoms with Gasteiger partial charge in [0.15, 0.2) is 5.52 Å². The van der Waals surface area contributed by atoms with E-state index < -0.39 is 4.92 Å². The fourth-order valence-electron chi connectivity index (χ4n) is 1.45. The third-order valence-corrected chi connectivity index (χ3v) is 2.33. The third kappa shape index (κ3) is 2.17. The van der Waals surface area contributed by atoms with Gasteiger partial charge in [-0.3, -0.25) is 10.1 Å². The molecule has 2 aromatic rings. The van der Waals surface area contributed by atoms with Gasteiger partial charge in [-0.2, -0.15) is 0 Å². The predicted octanol–water partition coefficient (Wildman–Crippen LogP) is 1.57. The number of hydrogen-bond donors (Lipinski definition) is 0. The molecule has 1 aromatic heterocycles. The third-order valence-electron chi connectivity index (χ3n) is 2.33. The van der Waals surface area contributed by atoms with Crippen LogP contribution in [0.5, 0.6) is 0 Å². The highest BCUT2D eigenvalue weighted by atomic mass is 16.7. The predicted molar refractivity (Wildman–Crippen MR) is 60.5 cm³/mol. The van der Waals surface area contributed by atoms with E-state index in [9.17, 15) is 10.1 Å². The summed E-state index contributed by atoms with van der Waals surface area (Å²) in [7, 11) is 0. The highest BCUT2D eigenvalue weighted by Gasteiger charge is 2.17. The van der Waals surface area contributed by atoms with Gasteiger partial charge in [0.2, 0.25) is 0 Å². The molecule has 0 atom stereocenters. The number of non-ortho nitro benzene ring substituents is 1. The van der Waals surface area contributed by atoms with Crippen LogP contribution < -0.4 is 4.84 Å². The van der Waals surface area contributed by atoms with Crippen LogP contribution in [0.3, 0.4) is 0 Å². The second-order valence-electron chi connectivity index (χ2n) is 3.55. The van der Waals surface area contributed by atoms with Crippen molar-refractivity contribution in [2.75, 3.05) is 6.61 Å². The molecule has 7 nitrogen and oxygen atoms in total. The van der Waals surface area contributed by atoms with Crippen molar-refractivity contribution in [2.45, 2.75) is 19.8 Å². The highest BCUT2D eigenvalue weighted by molar-refractivity contribution is 5.83. The summed E-state index contributed by atoms with van der Waals surface area (Å²) in [5, 5.41) is 18.3. The van der Waals surface area contributed by atoms with Crippen molar-refractivity contribution in [3.63, 3.8) is 0 Å². The molecule has 0 fully saturated rings. The quantitative estimate of drug-likeness (QED) is 0.447. The molecule has 0 saturated carbocycles. The van der Waals surface area contributed by atoms with E-state index in [4.69, 9.17) is 4.84 Å². The molecule has 0 spiro atoms. The SMILES string of the molecule is CCCCOn1nnc2c([N+](=O)[O-])cccc21. The van der Waals surface area contributed by atoms with Gasteiger partial charge in [-0.1, -0.05) is 24.3 Å². The Morgan fingerprint density at radius 1 is 1.53 bits per heavy atom. The zero-order chi connectivity index (χ0) is 12.3. The number of nitro benzene ring substituents is 1. The smallest absolute Gasteiger partial charge is 0.299 e. The fourth-order valence-corrected chi connectivity index (χ4v) is 1.45. The number of hydrogen-bond acceptors (Lipinski definition) is 5. The average molecular weight is 236 g/mol. The van der Waals surface area contributed by atoms with Crippen molar-refractivity contribution in [2.24, 2.45) is 0 Å². The zero-order valence-electron chi connectivity index (χ0n) is 9.37. The van der Waals surface area contributed by atoms with E-state index >= 15 is 0 Å². The molecule has 0 amide bonds. The van der Waals surface area contributed by atoms with Crippen molar-refractivity contribution in [1.82, 2.24) is 15.2 Å². The Bertz CT molecular complexity index is 537. The van der Waals surface area contributed by atoms with Crippen LogP contribution in [0.15, 0.2) is 18.2 Å². The van der Waals surface area contributed by atoms with Gasteiger partial charge in [0.05, 0.1) is 4.92 Å². The van der Waals surface area contributed by atoms with Crippen molar-refractivity contribution >= 4 is 16.7 Å². The molecule has 0 bridgehead atoms. The molecular formula is C10H12N4O3. The molecular weight excluding hydrogens is 224 g/mol. The Hall–Kier alpha value is -2.18. The highest BCUT2D eigenvalue weighted by Crippen LogP contribution is 2.21. The summed E-state index contributed by atoms with van der Waals surface area (Å²) in [6.45, 7) is 2.56. The molecule has 0 radical (unpaired) electrons. The average Bonchev–Trinajstić information content (AvgIpc) is 2.72. The number of unbranched alkanes of at least 4 members (excludes halogenated alkanes) is 1. The van der Waals surface area contributed by atoms with Gasteiger partial charge >= 0.3 is 0 Å². The minimum absolute atomic E-state index is 0.0622. The van der Waals surface area contributed by atoms with Crippen LogP contribution in [0.25, 0.3) is 11.0 Å². The summed E-state index contributed by atoms with van der Waals surface area (Å²) < 4.78 is 0. The van der Waals surface area contributed by atoms with Crippen LogP contribution in [0.2, 0.25) is 0 Å². The topological polar surface area (TPSA) is 83.1 Å². The minimum Gasteiger partial charge on any atom is -0.395 e. The second-order valence-corrected chi connectivity index (χ2v) is 3.55. The van der Waals surface area contributed by atoms with Crippen molar-refractivity contribution < 1.29 is 9.76 Å². The van der Waals surface area contributed by atoms with E-state index in [1.54, 1.807) is 12.1 Å². The fraction of sp³-hybridized carbons (Fsp3) is 0.400. The number of rotatable bonds is 5. The van der Waals surface area contributed by atoms with Gasteiger partial charge in [0.25, 0.3) is 5.69 Å². The first-order chi connectivity index (χ1) is 8.24. The van der Waals surface area contributed by atoms with Crippen LogP contribution >= 0.6 is 0 Å². The number of benzene rings is 1. The summed E-state index contributed by atoms with van der Waals surface area (Å²) in [4.78, 5) is 16.9. The van der Waals surface area contributed by atoms with Gasteiger partial charge in [0.1, 0.15) is 12.1 Å². The molecule has 0 aliphatic heterocycles. The first kappa shape index (κ1) is 11.3. The summed E-state index contributed by atoms with van der Waals surface area (Å²) in [5.41, 5.74) is 0.692. The second kappa shape index (κ2) is 4.77. The van der Waals surface area contributed by atoms with E-state index in [2.05, 4.69) is 10.3 Å². The zero-order valence-corrected chi connectivity index (χ0v) is 9.37. The van der Waals surface area contributed by atoms with Crippen LogP contribution in [0.1, 0.15) is 19.8 Å². The maximum atomic E-state index is 10.8. The van der Waals surface area contributed by atoms with Gasteiger partial charge in [-0.25, -0.2) is 0 Å². The Labute approximate surface area is 97.1 Å².